The third kappa shape index (κ3) is 2.20. The van der Waals surface area contributed by atoms with Crippen molar-refractivity contribution in [1.82, 2.24) is 4.90 Å². The van der Waals surface area contributed by atoms with Crippen molar-refractivity contribution in [2.45, 2.75) is 31.3 Å². The number of isocyanates is 1. The Balaban J connectivity index is 1.82. The molecule has 2 bridgehead atoms. The van der Waals surface area contributed by atoms with Gasteiger partial charge in [-0.3, -0.25) is 4.79 Å². The Kier molecular flexibility index (Phi) is 3.64. The highest BCUT2D eigenvalue weighted by atomic mass is 16.5. The quantitative estimate of drug-likeness (QED) is 0.331. The lowest BCUT2D eigenvalue weighted by molar-refractivity contribution is -0.152. The van der Waals surface area contributed by atoms with Crippen LogP contribution in [0.2, 0.25) is 0 Å². The van der Waals surface area contributed by atoms with E-state index in [4.69, 9.17) is 4.74 Å². The van der Waals surface area contributed by atoms with Crippen LogP contribution in [0, 0.1) is 17.8 Å². The van der Waals surface area contributed by atoms with Gasteiger partial charge in [-0.1, -0.05) is 12.2 Å². The van der Waals surface area contributed by atoms with Crippen molar-refractivity contribution in [2.75, 3.05) is 13.7 Å². The molecule has 1 saturated carbocycles. The lowest BCUT2D eigenvalue weighted by atomic mass is 9.88. The molecule has 1 aliphatic heterocycles. The SMILES string of the molecule is COC(=O)[C@@H]1CCCN1C(=O)[C@H]1[C@@H](N=C=O)[C@H]2C=C[C@@H]1C2. The second kappa shape index (κ2) is 5.45. The molecular weight excluding hydrogens is 272 g/mol. The second-order valence-corrected chi connectivity index (χ2v) is 5.90. The molecule has 0 N–H and O–H groups in total. The van der Waals surface area contributed by atoms with E-state index in [1.54, 1.807) is 11.0 Å². The Labute approximate surface area is 122 Å². The average molecular weight is 290 g/mol. The molecule has 5 atom stereocenters. The zero-order valence-corrected chi connectivity index (χ0v) is 11.9. The number of hydrogen-bond donors (Lipinski definition) is 0. The maximum absolute atomic E-state index is 12.8. The van der Waals surface area contributed by atoms with Gasteiger partial charge in [-0.25, -0.2) is 14.6 Å². The minimum Gasteiger partial charge on any atom is -0.467 e. The van der Waals surface area contributed by atoms with Gasteiger partial charge in [-0.2, -0.15) is 0 Å². The Bertz CT molecular complexity index is 538. The van der Waals surface area contributed by atoms with Crippen molar-refractivity contribution in [3.63, 3.8) is 0 Å². The smallest absolute Gasteiger partial charge is 0.328 e. The summed E-state index contributed by atoms with van der Waals surface area (Å²) in [6.45, 7) is 0.563. The summed E-state index contributed by atoms with van der Waals surface area (Å²) in [5, 5.41) is 0. The molecule has 0 aromatic carbocycles. The molecule has 1 saturated heterocycles. The van der Waals surface area contributed by atoms with Crippen LogP contribution in [0.4, 0.5) is 0 Å². The molecular formula is C15H18N2O4. The molecule has 112 valence electrons. The van der Waals surface area contributed by atoms with Gasteiger partial charge in [0.2, 0.25) is 12.0 Å². The fourth-order valence-electron chi connectivity index (χ4n) is 3.97. The fourth-order valence-corrected chi connectivity index (χ4v) is 3.97. The Morgan fingerprint density at radius 3 is 2.81 bits per heavy atom. The zero-order chi connectivity index (χ0) is 15.0. The van der Waals surface area contributed by atoms with Crippen LogP contribution in [0.15, 0.2) is 17.1 Å². The number of amides is 1. The number of nitrogens with zero attached hydrogens (tertiary/aromatic N) is 2. The number of carbonyl (C=O) groups is 2. The van der Waals surface area contributed by atoms with Crippen LogP contribution in [0.3, 0.4) is 0 Å². The summed E-state index contributed by atoms with van der Waals surface area (Å²) in [6.07, 6.45) is 7.94. The highest BCUT2D eigenvalue weighted by Gasteiger charge is 2.51. The molecule has 6 heteroatoms. The van der Waals surface area contributed by atoms with E-state index >= 15 is 0 Å². The highest BCUT2D eigenvalue weighted by Crippen LogP contribution is 2.46. The number of esters is 1. The Morgan fingerprint density at radius 2 is 2.10 bits per heavy atom. The largest absolute Gasteiger partial charge is 0.467 e. The summed E-state index contributed by atoms with van der Waals surface area (Å²) in [5.74, 6) is -0.529. The highest BCUT2D eigenvalue weighted by molar-refractivity contribution is 5.87. The molecule has 0 aromatic rings. The van der Waals surface area contributed by atoms with Crippen molar-refractivity contribution in [3.8, 4) is 0 Å². The first-order valence-corrected chi connectivity index (χ1v) is 7.31. The van der Waals surface area contributed by atoms with Gasteiger partial charge in [-0.15, -0.1) is 0 Å². The molecule has 2 aliphatic carbocycles. The summed E-state index contributed by atoms with van der Waals surface area (Å²) >= 11 is 0. The van der Waals surface area contributed by atoms with Gasteiger partial charge < -0.3 is 9.64 Å². The number of allylic oxidation sites excluding steroid dienone is 1. The number of ether oxygens (including phenoxy) is 1. The van der Waals surface area contributed by atoms with E-state index in [9.17, 15) is 14.4 Å². The van der Waals surface area contributed by atoms with Crippen LogP contribution in [-0.4, -0.2) is 48.6 Å². The number of carbonyl (C=O) groups excluding carboxylic acids is 3. The zero-order valence-electron chi connectivity index (χ0n) is 11.9. The predicted octanol–water partition coefficient (Wildman–Crippen LogP) is 0.677. The van der Waals surface area contributed by atoms with E-state index in [1.807, 2.05) is 12.2 Å². The molecule has 6 nitrogen and oxygen atoms in total. The Hall–Kier alpha value is -1.94. The van der Waals surface area contributed by atoms with E-state index in [0.717, 1.165) is 12.8 Å². The van der Waals surface area contributed by atoms with E-state index in [2.05, 4.69) is 4.99 Å². The van der Waals surface area contributed by atoms with E-state index in [1.165, 1.54) is 7.11 Å². The minimum absolute atomic E-state index is 0.0799. The molecule has 0 unspecified atom stereocenters. The van der Waals surface area contributed by atoms with E-state index < -0.39 is 6.04 Å². The van der Waals surface area contributed by atoms with Crippen molar-refractivity contribution >= 4 is 18.0 Å². The number of rotatable bonds is 3. The standard InChI is InChI=1S/C15H18N2O4/c1-21-15(20)11-3-2-6-17(11)14(19)12-9-4-5-10(7-9)13(12)16-8-18/h4-5,9-13H,2-3,6-7H2,1H3/t9-,10+,11+,12-,13+/m1/s1. The maximum Gasteiger partial charge on any atom is 0.328 e. The van der Waals surface area contributed by atoms with Crippen LogP contribution in [-0.2, 0) is 19.1 Å². The summed E-state index contributed by atoms with van der Waals surface area (Å²) in [4.78, 5) is 40.7. The van der Waals surface area contributed by atoms with Crippen molar-refractivity contribution in [2.24, 2.45) is 22.7 Å². The molecule has 0 aromatic heterocycles. The van der Waals surface area contributed by atoms with Gasteiger partial charge in [0, 0.05) is 12.5 Å². The van der Waals surface area contributed by atoms with Crippen molar-refractivity contribution in [3.05, 3.63) is 12.2 Å². The number of likely N-dealkylation sites (tertiary alicyclic amines) is 1. The van der Waals surface area contributed by atoms with Crippen LogP contribution in [0.5, 0.6) is 0 Å². The van der Waals surface area contributed by atoms with Crippen LogP contribution < -0.4 is 0 Å². The minimum atomic E-state index is -0.494. The predicted molar refractivity (Wildman–Crippen MR) is 72.9 cm³/mol. The van der Waals surface area contributed by atoms with E-state index in [0.29, 0.717) is 13.0 Å². The summed E-state index contributed by atoms with van der Waals surface area (Å²) < 4.78 is 4.78. The monoisotopic (exact) mass is 290 g/mol. The van der Waals surface area contributed by atoms with Crippen LogP contribution in [0.1, 0.15) is 19.3 Å². The number of methoxy groups -OCH3 is 1. The normalized spacial score (nSPS) is 36.6. The first-order chi connectivity index (χ1) is 10.2. The third-order valence-electron chi connectivity index (χ3n) is 4.91. The molecule has 21 heavy (non-hydrogen) atoms. The number of aliphatic imine (C=N–C) groups is 1. The van der Waals surface area contributed by atoms with Crippen molar-refractivity contribution in [1.29, 1.82) is 0 Å². The van der Waals surface area contributed by atoms with Gasteiger partial charge in [0.05, 0.1) is 19.1 Å². The summed E-state index contributed by atoms with van der Waals surface area (Å²) in [5.41, 5.74) is 0. The molecule has 2 fully saturated rings. The topological polar surface area (TPSA) is 76.0 Å². The number of hydrogen-bond acceptors (Lipinski definition) is 5. The lowest BCUT2D eigenvalue weighted by Gasteiger charge is -2.30. The maximum atomic E-state index is 12.8. The van der Waals surface area contributed by atoms with Crippen LogP contribution >= 0.6 is 0 Å². The van der Waals surface area contributed by atoms with Crippen LogP contribution in [0.25, 0.3) is 0 Å². The molecule has 3 rings (SSSR count). The average Bonchev–Trinajstić information content (AvgIpc) is 3.21. The van der Waals surface area contributed by atoms with Gasteiger partial charge in [-0.05, 0) is 25.2 Å². The molecule has 3 aliphatic rings. The lowest BCUT2D eigenvalue weighted by Crippen LogP contribution is -2.47. The molecule has 1 amide bonds. The van der Waals surface area contributed by atoms with Gasteiger partial charge >= 0.3 is 5.97 Å². The van der Waals surface area contributed by atoms with Gasteiger partial charge in [0.25, 0.3) is 0 Å². The van der Waals surface area contributed by atoms with Crippen molar-refractivity contribution < 1.29 is 19.1 Å². The van der Waals surface area contributed by atoms with Gasteiger partial charge in [0.1, 0.15) is 6.04 Å². The summed E-state index contributed by atoms with van der Waals surface area (Å²) in [6, 6.07) is -0.824. The summed E-state index contributed by atoms with van der Waals surface area (Å²) in [7, 11) is 1.34. The number of fused-ring (bicyclic) bond motifs is 2. The first kappa shape index (κ1) is 14.0. The molecule has 0 radical (unpaired) electrons. The first-order valence-electron chi connectivity index (χ1n) is 7.31. The fraction of sp³-hybridized carbons (Fsp3) is 0.667. The molecule has 0 spiro atoms. The Morgan fingerprint density at radius 1 is 1.33 bits per heavy atom. The second-order valence-electron chi connectivity index (χ2n) is 5.90. The van der Waals surface area contributed by atoms with Gasteiger partial charge in [0.15, 0.2) is 0 Å². The third-order valence-corrected chi connectivity index (χ3v) is 4.91. The molecule has 1 heterocycles. The van der Waals surface area contributed by atoms with E-state index in [-0.39, 0.29) is 35.7 Å².